The highest BCUT2D eigenvalue weighted by Gasteiger charge is 2.42. The second-order valence-corrected chi connectivity index (χ2v) is 9.40. The number of hydrogen-bond acceptors (Lipinski definition) is 4. The Morgan fingerprint density at radius 2 is 1.74 bits per heavy atom. The minimum atomic E-state index is -0.407. The number of carbonyl (C=O) groups is 1. The number of carbonyl (C=O) groups excluding carboxylic acids is 1. The Kier molecular flexibility index (Phi) is 7.71. The lowest BCUT2D eigenvalue weighted by Crippen LogP contribution is -2.44. The lowest BCUT2D eigenvalue weighted by molar-refractivity contribution is -0.131. The van der Waals surface area contributed by atoms with Crippen LogP contribution in [-0.2, 0) is 17.8 Å². The van der Waals surface area contributed by atoms with E-state index in [-0.39, 0.29) is 17.3 Å². The first-order valence-corrected chi connectivity index (χ1v) is 12.1. The molecule has 1 atom stereocenters. The number of halogens is 2. The fraction of sp³-hybridized carbons (Fsp3) is 0.519. The third kappa shape index (κ3) is 5.35. The van der Waals surface area contributed by atoms with Crippen LogP contribution >= 0.6 is 0 Å². The summed E-state index contributed by atoms with van der Waals surface area (Å²) in [5.41, 5.74) is 1.35. The number of likely N-dealkylation sites (tertiary alicyclic amines) is 2. The maximum Gasteiger partial charge on any atom is 0.222 e. The third-order valence-corrected chi connectivity index (χ3v) is 7.48. The Morgan fingerprint density at radius 3 is 2.50 bits per heavy atom. The maximum atomic E-state index is 14.3. The van der Waals surface area contributed by atoms with Crippen LogP contribution in [0.2, 0.25) is 0 Å². The van der Waals surface area contributed by atoms with Crippen LogP contribution < -0.4 is 9.47 Å². The van der Waals surface area contributed by atoms with Crippen LogP contribution in [0.5, 0.6) is 11.5 Å². The molecule has 7 heteroatoms. The normalized spacial score (nSPS) is 21.0. The van der Waals surface area contributed by atoms with Crippen LogP contribution in [0, 0.1) is 11.6 Å². The second-order valence-electron chi connectivity index (χ2n) is 9.40. The molecule has 5 nitrogen and oxygen atoms in total. The predicted octanol–water partition coefficient (Wildman–Crippen LogP) is 4.96. The van der Waals surface area contributed by atoms with Gasteiger partial charge in [0.2, 0.25) is 5.91 Å². The molecule has 1 amide bonds. The molecule has 0 saturated carbocycles. The highest BCUT2D eigenvalue weighted by atomic mass is 19.1. The molecule has 0 unspecified atom stereocenters. The molecule has 184 valence electrons. The quantitative estimate of drug-likeness (QED) is 0.571. The van der Waals surface area contributed by atoms with E-state index in [0.717, 1.165) is 68.3 Å². The number of nitrogens with zero attached hydrogens (tertiary/aromatic N) is 2. The number of rotatable bonds is 7. The average Bonchev–Trinajstić information content (AvgIpc) is 3.09. The van der Waals surface area contributed by atoms with E-state index in [4.69, 9.17) is 9.47 Å². The zero-order valence-corrected chi connectivity index (χ0v) is 20.1. The molecule has 0 aliphatic carbocycles. The molecule has 1 spiro atoms. The van der Waals surface area contributed by atoms with Crippen LogP contribution in [0.1, 0.15) is 49.7 Å². The third-order valence-electron chi connectivity index (χ3n) is 7.48. The SMILES string of the molecule is COc1ccc(CCC(=O)N2CCC[C@]3(CCCN3Cc3cc(F)ccc3F)CC2)c(OC)c1. The van der Waals surface area contributed by atoms with Gasteiger partial charge in [-0.15, -0.1) is 0 Å². The summed E-state index contributed by atoms with van der Waals surface area (Å²) >= 11 is 0. The van der Waals surface area contributed by atoms with Gasteiger partial charge in [0.25, 0.3) is 0 Å². The molecule has 34 heavy (non-hydrogen) atoms. The summed E-state index contributed by atoms with van der Waals surface area (Å²) in [5.74, 6) is 0.839. The summed E-state index contributed by atoms with van der Waals surface area (Å²) in [7, 11) is 3.24. The Balaban J connectivity index is 1.37. The van der Waals surface area contributed by atoms with Crippen molar-refractivity contribution in [3.8, 4) is 11.5 Å². The number of methoxy groups -OCH3 is 2. The van der Waals surface area contributed by atoms with Crippen LogP contribution in [0.4, 0.5) is 8.78 Å². The van der Waals surface area contributed by atoms with Gasteiger partial charge in [-0.3, -0.25) is 9.69 Å². The van der Waals surface area contributed by atoms with Crippen molar-refractivity contribution in [2.75, 3.05) is 33.9 Å². The van der Waals surface area contributed by atoms with Crippen molar-refractivity contribution in [2.45, 2.75) is 57.0 Å². The van der Waals surface area contributed by atoms with Crippen molar-refractivity contribution in [1.82, 2.24) is 9.80 Å². The molecule has 0 aromatic heterocycles. The smallest absolute Gasteiger partial charge is 0.222 e. The highest BCUT2D eigenvalue weighted by molar-refractivity contribution is 5.76. The van der Waals surface area contributed by atoms with Crippen LogP contribution in [0.15, 0.2) is 36.4 Å². The number of benzene rings is 2. The monoisotopic (exact) mass is 472 g/mol. The molecule has 2 aliphatic rings. The van der Waals surface area contributed by atoms with Crippen molar-refractivity contribution < 1.29 is 23.0 Å². The molecule has 4 rings (SSSR count). The number of hydrogen-bond donors (Lipinski definition) is 0. The summed E-state index contributed by atoms with van der Waals surface area (Å²) in [6.45, 7) is 2.72. The fourth-order valence-electron chi connectivity index (χ4n) is 5.56. The van der Waals surface area contributed by atoms with Gasteiger partial charge in [-0.1, -0.05) is 6.07 Å². The summed E-state index contributed by atoms with van der Waals surface area (Å²) in [6, 6.07) is 9.35. The summed E-state index contributed by atoms with van der Waals surface area (Å²) in [5, 5.41) is 0. The van der Waals surface area contributed by atoms with E-state index in [2.05, 4.69) is 4.90 Å². The largest absolute Gasteiger partial charge is 0.497 e. The molecule has 2 aromatic carbocycles. The molecule has 2 saturated heterocycles. The van der Waals surface area contributed by atoms with Gasteiger partial charge < -0.3 is 14.4 Å². The van der Waals surface area contributed by atoms with Crippen molar-refractivity contribution in [3.05, 3.63) is 59.2 Å². The topological polar surface area (TPSA) is 42.0 Å². The van der Waals surface area contributed by atoms with Gasteiger partial charge >= 0.3 is 0 Å². The summed E-state index contributed by atoms with van der Waals surface area (Å²) < 4.78 is 38.7. The van der Waals surface area contributed by atoms with E-state index >= 15 is 0 Å². The first-order chi connectivity index (χ1) is 16.4. The predicted molar refractivity (Wildman–Crippen MR) is 127 cm³/mol. The molecule has 0 radical (unpaired) electrons. The first-order valence-electron chi connectivity index (χ1n) is 12.1. The molecule has 2 aliphatic heterocycles. The van der Waals surface area contributed by atoms with Gasteiger partial charge in [0.1, 0.15) is 23.1 Å². The minimum Gasteiger partial charge on any atom is -0.497 e. The maximum absolute atomic E-state index is 14.3. The molecule has 0 bridgehead atoms. The van der Waals surface area contributed by atoms with E-state index in [1.807, 2.05) is 23.1 Å². The van der Waals surface area contributed by atoms with E-state index < -0.39 is 5.82 Å². The number of aryl methyl sites for hydroxylation is 1. The molecule has 2 heterocycles. The zero-order valence-electron chi connectivity index (χ0n) is 20.1. The Bertz CT molecular complexity index is 1020. The Labute approximate surface area is 200 Å². The van der Waals surface area contributed by atoms with Crippen molar-refractivity contribution in [2.24, 2.45) is 0 Å². The van der Waals surface area contributed by atoms with Crippen LogP contribution in [0.25, 0.3) is 0 Å². The minimum absolute atomic E-state index is 0.0486. The van der Waals surface area contributed by atoms with Crippen LogP contribution in [-0.4, -0.2) is 55.1 Å². The van der Waals surface area contributed by atoms with E-state index in [0.29, 0.717) is 31.5 Å². The van der Waals surface area contributed by atoms with Gasteiger partial charge in [0.15, 0.2) is 0 Å². The molecular formula is C27H34F2N2O3. The molecule has 2 aromatic rings. The first kappa shape index (κ1) is 24.5. The van der Waals surface area contributed by atoms with E-state index in [1.54, 1.807) is 14.2 Å². The van der Waals surface area contributed by atoms with E-state index in [1.165, 1.54) is 12.1 Å². The lowest BCUT2D eigenvalue weighted by Gasteiger charge is -2.38. The van der Waals surface area contributed by atoms with Gasteiger partial charge in [0, 0.05) is 43.2 Å². The van der Waals surface area contributed by atoms with Gasteiger partial charge in [-0.05, 0) is 74.9 Å². The molecular weight excluding hydrogens is 438 g/mol. The Hall–Kier alpha value is -2.67. The van der Waals surface area contributed by atoms with Crippen LogP contribution in [0.3, 0.4) is 0 Å². The van der Waals surface area contributed by atoms with Crippen molar-refractivity contribution in [3.63, 3.8) is 0 Å². The molecule has 2 fully saturated rings. The average molecular weight is 473 g/mol. The fourth-order valence-corrected chi connectivity index (χ4v) is 5.56. The zero-order chi connectivity index (χ0) is 24.1. The van der Waals surface area contributed by atoms with Gasteiger partial charge in [-0.25, -0.2) is 8.78 Å². The van der Waals surface area contributed by atoms with Gasteiger partial charge in [-0.2, -0.15) is 0 Å². The second kappa shape index (κ2) is 10.7. The van der Waals surface area contributed by atoms with Crippen molar-refractivity contribution in [1.29, 1.82) is 0 Å². The number of amides is 1. The van der Waals surface area contributed by atoms with Crippen molar-refractivity contribution >= 4 is 5.91 Å². The highest BCUT2D eigenvalue weighted by Crippen LogP contribution is 2.40. The Morgan fingerprint density at radius 1 is 0.941 bits per heavy atom. The summed E-state index contributed by atoms with van der Waals surface area (Å²) in [6.07, 6.45) is 5.87. The standard InChI is InChI=1S/C27H34F2N2O3/c1-33-23-8-5-20(25(18-23)34-2)6-10-26(32)30-14-3-11-27(13-16-30)12-4-15-31(27)19-21-17-22(28)7-9-24(21)29/h5,7-9,17-18H,3-4,6,10-16,19H2,1-2H3/t27-/m0/s1. The van der Waals surface area contributed by atoms with Gasteiger partial charge in [0.05, 0.1) is 14.2 Å². The lowest BCUT2D eigenvalue weighted by atomic mass is 9.87. The van der Waals surface area contributed by atoms with E-state index in [9.17, 15) is 13.6 Å². The number of ether oxygens (including phenoxy) is 2. The summed E-state index contributed by atoms with van der Waals surface area (Å²) in [4.78, 5) is 17.4. The molecule has 0 N–H and O–H groups in total.